The van der Waals surface area contributed by atoms with Gasteiger partial charge in [-0.05, 0) is 24.6 Å². The van der Waals surface area contributed by atoms with Crippen molar-refractivity contribution in [2.24, 2.45) is 5.73 Å². The molecule has 2 N–H and O–H groups in total. The van der Waals surface area contributed by atoms with Crippen molar-refractivity contribution in [3.63, 3.8) is 0 Å². The molecule has 0 radical (unpaired) electrons. The predicted molar refractivity (Wildman–Crippen MR) is 69.1 cm³/mol. The average Bonchev–Trinajstić information content (AvgIpc) is 2.27. The Kier molecular flexibility index (Phi) is 5.03. The molecule has 0 spiro atoms. The Morgan fingerprint density at radius 1 is 1.33 bits per heavy atom. The van der Waals surface area contributed by atoms with Crippen LogP contribution in [0.4, 0.5) is 0 Å². The summed E-state index contributed by atoms with van der Waals surface area (Å²) in [5, 5.41) is 0. The number of aryl methyl sites for hydroxylation is 1. The normalized spacial score (nSPS) is 11.9. The van der Waals surface area contributed by atoms with Gasteiger partial charge >= 0.3 is 0 Å². The number of hydrogen-bond donors (Lipinski definition) is 1. The molecule has 0 aliphatic heterocycles. The summed E-state index contributed by atoms with van der Waals surface area (Å²) in [6, 6.07) is 5.12. The smallest absolute Gasteiger partial charge is 0.230 e. The van der Waals surface area contributed by atoms with Gasteiger partial charge in [0, 0.05) is 10.8 Å². The largest absolute Gasteiger partial charge is 0.496 e. The summed E-state index contributed by atoms with van der Waals surface area (Å²) in [6.45, 7) is 1.88. The first-order valence-corrected chi connectivity index (χ1v) is 6.74. The molecule has 98 valence electrons. The van der Waals surface area contributed by atoms with Crippen LogP contribution in [0.1, 0.15) is 15.9 Å². The minimum absolute atomic E-state index is 0.234. The zero-order chi connectivity index (χ0) is 13.7. The summed E-state index contributed by atoms with van der Waals surface area (Å²) < 4.78 is 16.6. The average molecular weight is 269 g/mol. The van der Waals surface area contributed by atoms with Crippen LogP contribution in [0.25, 0.3) is 0 Å². The van der Waals surface area contributed by atoms with E-state index in [0.29, 0.717) is 11.3 Å². The molecule has 0 aliphatic carbocycles. The summed E-state index contributed by atoms with van der Waals surface area (Å²) in [5.41, 5.74) is 6.24. The van der Waals surface area contributed by atoms with Crippen molar-refractivity contribution >= 4 is 22.5 Å². The monoisotopic (exact) mass is 269 g/mol. The quantitative estimate of drug-likeness (QED) is 0.758. The molecule has 1 rings (SSSR count). The van der Waals surface area contributed by atoms with Gasteiger partial charge in [-0.15, -0.1) is 0 Å². The molecule has 0 bridgehead atoms. The molecule has 18 heavy (non-hydrogen) atoms. The van der Waals surface area contributed by atoms with Gasteiger partial charge in [0.2, 0.25) is 5.91 Å². The number of carbonyl (C=O) groups is 2. The second-order valence-corrected chi connectivity index (χ2v) is 5.28. The van der Waals surface area contributed by atoms with Crippen LogP contribution in [0, 0.1) is 6.92 Å². The molecular weight excluding hydrogens is 254 g/mol. The number of ketones is 1. The maximum atomic E-state index is 11.9. The number of hydrogen-bond acceptors (Lipinski definition) is 4. The molecule has 6 heteroatoms. The van der Waals surface area contributed by atoms with E-state index in [0.717, 1.165) is 5.56 Å². The van der Waals surface area contributed by atoms with Gasteiger partial charge in [-0.2, -0.15) is 0 Å². The lowest BCUT2D eigenvalue weighted by Crippen LogP contribution is -2.23. The third kappa shape index (κ3) is 3.96. The third-order valence-corrected chi connectivity index (χ3v) is 3.44. The Morgan fingerprint density at radius 3 is 2.56 bits per heavy atom. The number of methoxy groups -OCH3 is 1. The standard InChI is InChI=1S/C12H15NO4S/c1-8-3-4-9(11(5-8)17-2)10(14)6-18(16)7-12(13)15/h3-5H,6-7H2,1-2H3,(H2,13,15). The highest BCUT2D eigenvalue weighted by atomic mass is 32.2. The molecule has 0 saturated heterocycles. The van der Waals surface area contributed by atoms with E-state index < -0.39 is 16.7 Å². The van der Waals surface area contributed by atoms with Crippen molar-refractivity contribution in [1.29, 1.82) is 0 Å². The SMILES string of the molecule is COc1cc(C)ccc1C(=O)CS(=O)CC(N)=O. The molecule has 1 aromatic rings. The van der Waals surface area contributed by atoms with Crippen LogP contribution in [0.15, 0.2) is 18.2 Å². The van der Waals surface area contributed by atoms with Crippen LogP contribution in [-0.4, -0.2) is 34.5 Å². The molecule has 0 fully saturated rings. The maximum absolute atomic E-state index is 11.9. The lowest BCUT2D eigenvalue weighted by Gasteiger charge is -2.08. The zero-order valence-corrected chi connectivity index (χ0v) is 11.1. The lowest BCUT2D eigenvalue weighted by atomic mass is 10.1. The first-order valence-electron chi connectivity index (χ1n) is 5.25. The van der Waals surface area contributed by atoms with Crippen LogP contribution < -0.4 is 10.5 Å². The fourth-order valence-electron chi connectivity index (χ4n) is 1.46. The van der Waals surface area contributed by atoms with Gasteiger partial charge in [0.05, 0.1) is 18.4 Å². The molecule has 0 aromatic heterocycles. The number of benzene rings is 1. The van der Waals surface area contributed by atoms with Gasteiger partial charge in [0.15, 0.2) is 5.78 Å². The number of Topliss-reactive ketones (excluding diaryl/α,β-unsaturated/α-hetero) is 1. The molecule has 0 saturated carbocycles. The lowest BCUT2D eigenvalue weighted by molar-refractivity contribution is -0.115. The summed E-state index contributed by atoms with van der Waals surface area (Å²) in [4.78, 5) is 22.5. The van der Waals surface area contributed by atoms with Crippen molar-refractivity contribution < 1.29 is 18.5 Å². The number of carbonyl (C=O) groups excluding carboxylic acids is 2. The van der Waals surface area contributed by atoms with Crippen molar-refractivity contribution in [2.45, 2.75) is 6.92 Å². The van der Waals surface area contributed by atoms with Crippen LogP contribution in [0.3, 0.4) is 0 Å². The molecule has 1 amide bonds. The zero-order valence-electron chi connectivity index (χ0n) is 10.3. The molecular formula is C12H15NO4S. The molecule has 1 atom stereocenters. The Morgan fingerprint density at radius 2 is 2.00 bits per heavy atom. The van der Waals surface area contributed by atoms with E-state index in [1.54, 1.807) is 18.2 Å². The van der Waals surface area contributed by atoms with Gasteiger partial charge in [-0.3, -0.25) is 13.8 Å². The Balaban J connectivity index is 2.84. The van der Waals surface area contributed by atoms with E-state index in [4.69, 9.17) is 10.5 Å². The van der Waals surface area contributed by atoms with E-state index in [9.17, 15) is 13.8 Å². The Bertz CT molecular complexity index is 499. The first-order chi connectivity index (χ1) is 8.43. The number of nitrogens with two attached hydrogens (primary N) is 1. The summed E-state index contributed by atoms with van der Waals surface area (Å²) in [5.74, 6) is -1.11. The number of ether oxygens (including phenoxy) is 1. The van der Waals surface area contributed by atoms with Gasteiger partial charge in [-0.25, -0.2) is 0 Å². The van der Waals surface area contributed by atoms with Crippen LogP contribution >= 0.6 is 0 Å². The minimum atomic E-state index is -1.58. The Hall–Kier alpha value is -1.69. The fourth-order valence-corrected chi connectivity index (χ4v) is 2.33. The topological polar surface area (TPSA) is 86.5 Å². The highest BCUT2D eigenvalue weighted by Crippen LogP contribution is 2.20. The van der Waals surface area contributed by atoms with E-state index in [1.807, 2.05) is 6.92 Å². The first kappa shape index (κ1) is 14.4. The highest BCUT2D eigenvalue weighted by molar-refractivity contribution is 7.86. The van der Waals surface area contributed by atoms with E-state index in [1.165, 1.54) is 7.11 Å². The van der Waals surface area contributed by atoms with Crippen molar-refractivity contribution in [2.75, 3.05) is 18.6 Å². The minimum Gasteiger partial charge on any atom is -0.496 e. The van der Waals surface area contributed by atoms with E-state index in [-0.39, 0.29) is 17.3 Å². The Labute approximate surface area is 108 Å². The van der Waals surface area contributed by atoms with Gasteiger partial charge in [0.25, 0.3) is 0 Å². The van der Waals surface area contributed by atoms with Gasteiger partial charge in [0.1, 0.15) is 11.5 Å². The van der Waals surface area contributed by atoms with E-state index >= 15 is 0 Å². The van der Waals surface area contributed by atoms with Crippen molar-refractivity contribution in [3.05, 3.63) is 29.3 Å². The number of amides is 1. The van der Waals surface area contributed by atoms with Crippen LogP contribution in [0.2, 0.25) is 0 Å². The van der Waals surface area contributed by atoms with Gasteiger partial charge in [-0.1, -0.05) is 6.07 Å². The molecule has 5 nitrogen and oxygen atoms in total. The fraction of sp³-hybridized carbons (Fsp3) is 0.333. The molecule has 1 aromatic carbocycles. The highest BCUT2D eigenvalue weighted by Gasteiger charge is 2.16. The second kappa shape index (κ2) is 6.30. The summed E-state index contributed by atoms with van der Waals surface area (Å²) in [6.07, 6.45) is 0. The second-order valence-electron chi connectivity index (χ2n) is 3.82. The molecule has 0 aliphatic rings. The van der Waals surface area contributed by atoms with Gasteiger partial charge < -0.3 is 10.5 Å². The number of rotatable bonds is 6. The van der Waals surface area contributed by atoms with Crippen molar-refractivity contribution in [1.82, 2.24) is 0 Å². The number of primary amides is 1. The predicted octanol–water partition coefficient (Wildman–Crippen LogP) is 0.420. The van der Waals surface area contributed by atoms with Crippen molar-refractivity contribution in [3.8, 4) is 5.75 Å². The van der Waals surface area contributed by atoms with Crippen LogP contribution in [0.5, 0.6) is 5.75 Å². The molecule has 0 heterocycles. The van der Waals surface area contributed by atoms with E-state index in [2.05, 4.69) is 0 Å². The summed E-state index contributed by atoms with van der Waals surface area (Å²) >= 11 is 0. The summed E-state index contributed by atoms with van der Waals surface area (Å²) in [7, 11) is -0.112. The molecule has 1 unspecified atom stereocenters. The third-order valence-electron chi connectivity index (χ3n) is 2.25. The maximum Gasteiger partial charge on any atom is 0.230 e. The van der Waals surface area contributed by atoms with Crippen LogP contribution in [-0.2, 0) is 15.6 Å².